The molecule has 2 N–H and O–H groups in total. The molecule has 0 atom stereocenters. The van der Waals surface area contributed by atoms with Crippen molar-refractivity contribution in [1.29, 1.82) is 0 Å². The van der Waals surface area contributed by atoms with Crippen molar-refractivity contribution in [2.45, 2.75) is 13.5 Å². The van der Waals surface area contributed by atoms with Gasteiger partial charge < -0.3 is 9.72 Å². The maximum Gasteiger partial charge on any atom is 0.255 e. The normalized spacial score (nSPS) is 10.9. The van der Waals surface area contributed by atoms with E-state index in [0.29, 0.717) is 17.8 Å². The number of hydrogen-bond acceptors (Lipinski definition) is 4. The second-order valence-electron chi connectivity index (χ2n) is 5.69. The Hall–Kier alpha value is -3.48. The number of benzene rings is 1. The molecule has 0 fully saturated rings. The number of aromatic amines is 1. The van der Waals surface area contributed by atoms with E-state index in [9.17, 15) is 4.79 Å². The van der Waals surface area contributed by atoms with Crippen LogP contribution in [-0.4, -0.2) is 30.5 Å². The topological polar surface area (TPSA) is 88.0 Å². The molecule has 3 heterocycles. The van der Waals surface area contributed by atoms with E-state index in [4.69, 9.17) is 0 Å². The summed E-state index contributed by atoms with van der Waals surface area (Å²) in [5, 5.41) is 10.1. The molecule has 0 aliphatic carbocycles. The van der Waals surface area contributed by atoms with Crippen LogP contribution in [0.2, 0.25) is 0 Å². The Balaban J connectivity index is 1.56. The maximum atomic E-state index is 12.7. The molecule has 124 valence electrons. The molecule has 25 heavy (non-hydrogen) atoms. The highest BCUT2D eigenvalue weighted by molar-refractivity contribution is 6.01. The summed E-state index contributed by atoms with van der Waals surface area (Å²) in [6, 6.07) is 9.64. The SMILES string of the molecule is Cc1[nH]nc(-c2ccccc2)c1C(=O)NCc1cn2ccncc2n1. The second kappa shape index (κ2) is 6.20. The Morgan fingerprint density at radius 3 is 2.92 bits per heavy atom. The van der Waals surface area contributed by atoms with Crippen molar-refractivity contribution in [3.8, 4) is 11.3 Å². The number of imidazole rings is 1. The Labute approximate surface area is 143 Å². The molecule has 0 radical (unpaired) electrons. The summed E-state index contributed by atoms with van der Waals surface area (Å²) in [4.78, 5) is 21.2. The lowest BCUT2D eigenvalue weighted by molar-refractivity contribution is 0.0950. The van der Waals surface area contributed by atoms with Crippen LogP contribution in [-0.2, 0) is 6.54 Å². The standard InChI is InChI=1S/C18H16N6O/c1-12-16(17(23-22-12)13-5-3-2-4-6-13)18(25)20-9-14-11-24-8-7-19-10-15(24)21-14/h2-8,10-11H,9H2,1H3,(H,20,25)(H,22,23). The van der Waals surface area contributed by atoms with E-state index < -0.39 is 0 Å². The average Bonchev–Trinajstić information content (AvgIpc) is 3.23. The van der Waals surface area contributed by atoms with Crippen LogP contribution in [0.25, 0.3) is 16.9 Å². The number of aryl methyl sites for hydroxylation is 1. The summed E-state index contributed by atoms with van der Waals surface area (Å²) in [5.41, 5.74) is 4.35. The number of nitrogens with one attached hydrogen (secondary N) is 2. The minimum Gasteiger partial charge on any atom is -0.346 e. The van der Waals surface area contributed by atoms with Gasteiger partial charge in [0.25, 0.3) is 5.91 Å². The van der Waals surface area contributed by atoms with Crippen molar-refractivity contribution >= 4 is 11.6 Å². The summed E-state index contributed by atoms with van der Waals surface area (Å²) < 4.78 is 1.87. The molecule has 4 rings (SSSR count). The number of rotatable bonds is 4. The number of aromatic nitrogens is 5. The largest absolute Gasteiger partial charge is 0.346 e. The molecule has 3 aromatic heterocycles. The van der Waals surface area contributed by atoms with Crippen LogP contribution in [0.4, 0.5) is 0 Å². The van der Waals surface area contributed by atoms with Gasteiger partial charge in [0.15, 0.2) is 5.65 Å². The van der Waals surface area contributed by atoms with Gasteiger partial charge in [0.05, 0.1) is 24.0 Å². The lowest BCUT2D eigenvalue weighted by atomic mass is 10.1. The van der Waals surface area contributed by atoms with Gasteiger partial charge in [0, 0.05) is 29.8 Å². The highest BCUT2D eigenvalue weighted by atomic mass is 16.1. The van der Waals surface area contributed by atoms with Crippen molar-refractivity contribution in [1.82, 2.24) is 29.9 Å². The van der Waals surface area contributed by atoms with Gasteiger partial charge in [-0.3, -0.25) is 14.9 Å². The van der Waals surface area contributed by atoms with E-state index in [2.05, 4.69) is 25.5 Å². The monoisotopic (exact) mass is 332 g/mol. The van der Waals surface area contributed by atoms with Gasteiger partial charge in [0.2, 0.25) is 0 Å². The Morgan fingerprint density at radius 1 is 1.28 bits per heavy atom. The van der Waals surface area contributed by atoms with Gasteiger partial charge in [-0.25, -0.2) is 4.98 Å². The van der Waals surface area contributed by atoms with Crippen LogP contribution in [0.1, 0.15) is 21.7 Å². The number of nitrogens with zero attached hydrogens (tertiary/aromatic N) is 4. The third kappa shape index (κ3) is 2.87. The van der Waals surface area contributed by atoms with E-state index in [1.54, 1.807) is 12.4 Å². The zero-order valence-corrected chi connectivity index (χ0v) is 13.6. The van der Waals surface area contributed by atoms with Gasteiger partial charge in [-0.1, -0.05) is 30.3 Å². The summed E-state index contributed by atoms with van der Waals surface area (Å²) in [5.74, 6) is -0.180. The lowest BCUT2D eigenvalue weighted by Crippen LogP contribution is -2.24. The molecule has 0 aliphatic heterocycles. The van der Waals surface area contributed by atoms with Gasteiger partial charge in [-0.15, -0.1) is 0 Å². The second-order valence-corrected chi connectivity index (χ2v) is 5.69. The molecule has 7 nitrogen and oxygen atoms in total. The van der Waals surface area contributed by atoms with E-state index in [-0.39, 0.29) is 5.91 Å². The van der Waals surface area contributed by atoms with Crippen LogP contribution in [0.15, 0.2) is 55.1 Å². The van der Waals surface area contributed by atoms with Crippen LogP contribution >= 0.6 is 0 Å². The molecule has 4 aromatic rings. The number of H-pyrrole nitrogens is 1. The maximum absolute atomic E-state index is 12.7. The molecule has 1 amide bonds. The highest BCUT2D eigenvalue weighted by Crippen LogP contribution is 2.23. The first-order chi connectivity index (χ1) is 12.2. The van der Waals surface area contributed by atoms with Crippen LogP contribution in [0.5, 0.6) is 0 Å². The van der Waals surface area contributed by atoms with E-state index in [1.165, 1.54) is 0 Å². The first-order valence-electron chi connectivity index (χ1n) is 7.88. The quantitative estimate of drug-likeness (QED) is 0.600. The van der Waals surface area contributed by atoms with Gasteiger partial charge in [-0.05, 0) is 6.92 Å². The smallest absolute Gasteiger partial charge is 0.255 e. The molecule has 0 spiro atoms. The fraction of sp³-hybridized carbons (Fsp3) is 0.111. The summed E-state index contributed by atoms with van der Waals surface area (Å²) in [7, 11) is 0. The Morgan fingerprint density at radius 2 is 2.12 bits per heavy atom. The highest BCUT2D eigenvalue weighted by Gasteiger charge is 2.19. The first kappa shape index (κ1) is 15.1. The zero-order chi connectivity index (χ0) is 17.2. The fourth-order valence-electron chi connectivity index (χ4n) is 2.75. The molecule has 0 saturated carbocycles. The van der Waals surface area contributed by atoms with Crippen molar-refractivity contribution in [2.75, 3.05) is 0 Å². The molecular weight excluding hydrogens is 316 g/mol. The summed E-state index contributed by atoms with van der Waals surface area (Å²) in [6.07, 6.45) is 7.07. The minimum atomic E-state index is -0.180. The van der Waals surface area contributed by atoms with E-state index >= 15 is 0 Å². The molecule has 0 aliphatic rings. The molecule has 1 aromatic carbocycles. The first-order valence-corrected chi connectivity index (χ1v) is 7.88. The molecule has 0 bridgehead atoms. The van der Waals surface area contributed by atoms with Gasteiger partial charge >= 0.3 is 0 Å². The van der Waals surface area contributed by atoms with Gasteiger partial charge in [0.1, 0.15) is 5.69 Å². The average molecular weight is 332 g/mol. The van der Waals surface area contributed by atoms with Crippen molar-refractivity contribution in [3.63, 3.8) is 0 Å². The molecular formula is C18H16N6O. The van der Waals surface area contributed by atoms with Crippen molar-refractivity contribution in [3.05, 3.63) is 72.1 Å². The minimum absolute atomic E-state index is 0.180. The number of fused-ring (bicyclic) bond motifs is 1. The Kier molecular flexibility index (Phi) is 3.74. The molecule has 7 heteroatoms. The third-order valence-electron chi connectivity index (χ3n) is 3.97. The number of carbonyl (C=O) groups is 1. The van der Waals surface area contributed by atoms with Crippen LogP contribution < -0.4 is 5.32 Å². The van der Waals surface area contributed by atoms with E-state index in [1.807, 2.05) is 54.0 Å². The zero-order valence-electron chi connectivity index (χ0n) is 13.6. The summed E-state index contributed by atoms with van der Waals surface area (Å²) in [6.45, 7) is 2.17. The summed E-state index contributed by atoms with van der Waals surface area (Å²) >= 11 is 0. The molecule has 0 unspecified atom stereocenters. The number of amides is 1. The number of hydrogen-bond donors (Lipinski definition) is 2. The molecule has 0 saturated heterocycles. The predicted molar refractivity (Wildman–Crippen MR) is 92.9 cm³/mol. The van der Waals surface area contributed by atoms with E-state index in [0.717, 1.165) is 22.6 Å². The fourth-order valence-corrected chi connectivity index (χ4v) is 2.75. The third-order valence-corrected chi connectivity index (χ3v) is 3.97. The predicted octanol–water partition coefficient (Wildman–Crippen LogP) is 2.36. The van der Waals surface area contributed by atoms with Crippen molar-refractivity contribution in [2.24, 2.45) is 0 Å². The van der Waals surface area contributed by atoms with Crippen LogP contribution in [0.3, 0.4) is 0 Å². The Bertz CT molecular complexity index is 1000. The van der Waals surface area contributed by atoms with Gasteiger partial charge in [-0.2, -0.15) is 5.10 Å². The van der Waals surface area contributed by atoms with Crippen molar-refractivity contribution < 1.29 is 4.79 Å². The van der Waals surface area contributed by atoms with Crippen LogP contribution in [0, 0.1) is 6.92 Å². The number of carbonyl (C=O) groups excluding carboxylic acids is 1. The lowest BCUT2D eigenvalue weighted by Gasteiger charge is -2.05.